The molecule has 1 aliphatic heterocycles. The van der Waals surface area contributed by atoms with Crippen molar-refractivity contribution in [3.8, 4) is 0 Å². The molecule has 1 aliphatic rings. The summed E-state index contributed by atoms with van der Waals surface area (Å²) in [7, 11) is 0. The number of amides is 1. The summed E-state index contributed by atoms with van der Waals surface area (Å²) in [5.74, 6) is 1.56. The van der Waals surface area contributed by atoms with Crippen LogP contribution in [0.3, 0.4) is 0 Å². The van der Waals surface area contributed by atoms with Crippen LogP contribution in [0, 0.1) is 6.92 Å². The van der Waals surface area contributed by atoms with Crippen LogP contribution in [-0.2, 0) is 11.2 Å². The van der Waals surface area contributed by atoms with Gasteiger partial charge in [-0.2, -0.15) is 0 Å². The Kier molecular flexibility index (Phi) is 6.29. The maximum absolute atomic E-state index is 13.4. The first-order valence-electron chi connectivity index (χ1n) is 10.1. The zero-order valence-electron chi connectivity index (χ0n) is 17.3. The van der Waals surface area contributed by atoms with Crippen LogP contribution in [0.25, 0.3) is 0 Å². The van der Waals surface area contributed by atoms with Crippen LogP contribution >= 0.6 is 34.9 Å². The Morgan fingerprint density at radius 2 is 1.97 bits per heavy atom. The standard InChI is InChI=1S/C23H20N4O2S3/c1-15-24-17(12-30-15)11-21-25-26-23(29-21)32-14-22(28)27-18-9-5-6-10-20(18)31-13-19(27)16-7-3-2-4-8-16/h2-10,12,19H,11,13-14H2,1H3. The van der Waals surface area contributed by atoms with Gasteiger partial charge in [0.05, 0.1) is 34.6 Å². The third-order valence-electron chi connectivity index (χ3n) is 5.05. The van der Waals surface area contributed by atoms with Gasteiger partial charge < -0.3 is 9.32 Å². The van der Waals surface area contributed by atoms with E-state index in [1.54, 1.807) is 23.1 Å². The van der Waals surface area contributed by atoms with Crippen molar-refractivity contribution in [2.45, 2.75) is 29.5 Å². The van der Waals surface area contributed by atoms with Crippen molar-refractivity contribution in [2.24, 2.45) is 0 Å². The second-order valence-electron chi connectivity index (χ2n) is 7.25. The Morgan fingerprint density at radius 1 is 1.16 bits per heavy atom. The van der Waals surface area contributed by atoms with E-state index in [2.05, 4.69) is 33.4 Å². The SMILES string of the molecule is Cc1nc(Cc2nnc(SCC(=O)N3c4ccccc4SCC3c3ccccc3)o2)cs1. The molecule has 2 aromatic heterocycles. The highest BCUT2D eigenvalue weighted by molar-refractivity contribution is 8.00. The van der Waals surface area contributed by atoms with Crippen LogP contribution in [0.2, 0.25) is 0 Å². The van der Waals surface area contributed by atoms with E-state index < -0.39 is 0 Å². The fourth-order valence-corrected chi connectivity index (χ4v) is 6.04. The molecule has 0 N–H and O–H groups in total. The Balaban J connectivity index is 1.32. The molecule has 0 spiro atoms. The normalized spacial score (nSPS) is 15.5. The number of aromatic nitrogens is 3. The summed E-state index contributed by atoms with van der Waals surface area (Å²) >= 11 is 4.66. The van der Waals surface area contributed by atoms with Gasteiger partial charge >= 0.3 is 0 Å². The summed E-state index contributed by atoms with van der Waals surface area (Å²) in [4.78, 5) is 20.9. The smallest absolute Gasteiger partial charge is 0.277 e. The molecule has 0 saturated heterocycles. The highest BCUT2D eigenvalue weighted by Crippen LogP contribution is 2.43. The predicted octanol–water partition coefficient (Wildman–Crippen LogP) is 5.40. The number of carbonyl (C=O) groups excluding carboxylic acids is 1. The van der Waals surface area contributed by atoms with Gasteiger partial charge in [-0.1, -0.05) is 54.2 Å². The number of thiazole rings is 1. The third-order valence-corrected chi connectivity index (χ3v) is 7.82. The van der Waals surface area contributed by atoms with Crippen LogP contribution in [0.15, 0.2) is 74.5 Å². The Labute approximate surface area is 198 Å². The molecule has 1 atom stereocenters. The Morgan fingerprint density at radius 3 is 2.78 bits per heavy atom. The minimum Gasteiger partial charge on any atom is -0.416 e. The number of carbonyl (C=O) groups is 1. The van der Waals surface area contributed by atoms with E-state index in [1.807, 2.05) is 53.6 Å². The van der Waals surface area contributed by atoms with Crippen LogP contribution in [0.5, 0.6) is 0 Å². The minimum absolute atomic E-state index is 0.0182. The van der Waals surface area contributed by atoms with E-state index in [-0.39, 0.29) is 17.7 Å². The molecule has 0 fully saturated rings. The summed E-state index contributed by atoms with van der Waals surface area (Å²) in [6.07, 6.45) is 0.499. The Hall–Kier alpha value is -2.62. The molecule has 0 aliphatic carbocycles. The zero-order valence-corrected chi connectivity index (χ0v) is 19.8. The molecule has 32 heavy (non-hydrogen) atoms. The largest absolute Gasteiger partial charge is 0.416 e. The van der Waals surface area contributed by atoms with Crippen molar-refractivity contribution in [3.05, 3.63) is 82.1 Å². The lowest BCUT2D eigenvalue weighted by Gasteiger charge is -2.37. The average Bonchev–Trinajstić information content (AvgIpc) is 3.45. The molecule has 1 amide bonds. The summed E-state index contributed by atoms with van der Waals surface area (Å²) in [5, 5.41) is 11.6. The van der Waals surface area contributed by atoms with Crippen LogP contribution in [0.1, 0.15) is 28.2 Å². The second-order valence-corrected chi connectivity index (χ2v) is 10.3. The first kappa shape index (κ1) is 21.2. The molecule has 9 heteroatoms. The van der Waals surface area contributed by atoms with Crippen molar-refractivity contribution < 1.29 is 9.21 Å². The van der Waals surface area contributed by atoms with E-state index in [1.165, 1.54) is 11.8 Å². The summed E-state index contributed by atoms with van der Waals surface area (Å²) in [5.41, 5.74) is 3.00. The fourth-order valence-electron chi connectivity index (χ4n) is 3.62. The lowest BCUT2D eigenvalue weighted by molar-refractivity contribution is -0.116. The number of rotatable bonds is 6. The average molecular weight is 481 g/mol. The summed E-state index contributed by atoms with van der Waals surface area (Å²) < 4.78 is 5.75. The van der Waals surface area contributed by atoms with Gasteiger partial charge in [0.25, 0.3) is 5.22 Å². The molecule has 3 heterocycles. The number of aryl methyl sites for hydroxylation is 1. The molecule has 1 unspecified atom stereocenters. The van der Waals surface area contributed by atoms with Gasteiger partial charge in [0.2, 0.25) is 11.8 Å². The lowest BCUT2D eigenvalue weighted by Crippen LogP contribution is -2.39. The number of thioether (sulfide) groups is 2. The van der Waals surface area contributed by atoms with Gasteiger partial charge in [0.1, 0.15) is 0 Å². The third kappa shape index (κ3) is 4.60. The second kappa shape index (κ2) is 9.48. The van der Waals surface area contributed by atoms with Crippen molar-refractivity contribution in [3.63, 3.8) is 0 Å². The van der Waals surface area contributed by atoms with Crippen molar-refractivity contribution in [2.75, 3.05) is 16.4 Å². The molecule has 6 nitrogen and oxygen atoms in total. The molecular weight excluding hydrogens is 460 g/mol. The van der Waals surface area contributed by atoms with Crippen molar-refractivity contribution in [1.29, 1.82) is 0 Å². The lowest BCUT2D eigenvalue weighted by atomic mass is 10.1. The van der Waals surface area contributed by atoms with Gasteiger partial charge in [-0.25, -0.2) is 4.98 Å². The molecule has 0 bridgehead atoms. The minimum atomic E-state index is -0.0182. The first-order valence-corrected chi connectivity index (χ1v) is 13.0. The highest BCUT2D eigenvalue weighted by atomic mass is 32.2. The number of para-hydroxylation sites is 1. The van der Waals surface area contributed by atoms with Crippen molar-refractivity contribution >= 4 is 46.5 Å². The highest BCUT2D eigenvalue weighted by Gasteiger charge is 2.32. The van der Waals surface area contributed by atoms with Crippen LogP contribution < -0.4 is 4.90 Å². The van der Waals surface area contributed by atoms with Gasteiger partial charge in [-0.15, -0.1) is 33.3 Å². The molecule has 5 rings (SSSR count). The van der Waals surface area contributed by atoms with E-state index in [9.17, 15) is 4.79 Å². The fraction of sp³-hybridized carbons (Fsp3) is 0.217. The quantitative estimate of drug-likeness (QED) is 0.342. The molecular formula is C23H20N4O2S3. The molecule has 0 radical (unpaired) electrons. The molecule has 4 aromatic rings. The van der Waals surface area contributed by atoms with E-state index in [0.29, 0.717) is 17.5 Å². The number of hydrogen-bond donors (Lipinski definition) is 0. The topological polar surface area (TPSA) is 72.1 Å². The van der Waals surface area contributed by atoms with Gasteiger partial charge in [-0.3, -0.25) is 4.79 Å². The van der Waals surface area contributed by atoms with Gasteiger partial charge in [0, 0.05) is 16.0 Å². The first-order chi connectivity index (χ1) is 15.7. The number of hydrogen-bond acceptors (Lipinski definition) is 8. The van der Waals surface area contributed by atoms with Crippen LogP contribution in [-0.4, -0.2) is 32.6 Å². The van der Waals surface area contributed by atoms with E-state index in [0.717, 1.165) is 32.6 Å². The molecule has 162 valence electrons. The molecule has 2 aromatic carbocycles. The predicted molar refractivity (Wildman–Crippen MR) is 129 cm³/mol. The zero-order chi connectivity index (χ0) is 21.9. The van der Waals surface area contributed by atoms with E-state index >= 15 is 0 Å². The van der Waals surface area contributed by atoms with E-state index in [4.69, 9.17) is 4.42 Å². The summed E-state index contributed by atoms with van der Waals surface area (Å²) in [6.45, 7) is 1.97. The maximum Gasteiger partial charge on any atom is 0.277 e. The van der Waals surface area contributed by atoms with Gasteiger partial charge in [0.15, 0.2) is 0 Å². The number of fused-ring (bicyclic) bond motifs is 1. The monoisotopic (exact) mass is 480 g/mol. The van der Waals surface area contributed by atoms with Gasteiger partial charge in [-0.05, 0) is 24.6 Å². The van der Waals surface area contributed by atoms with Crippen molar-refractivity contribution in [1.82, 2.24) is 15.2 Å². The summed E-state index contributed by atoms with van der Waals surface area (Å²) in [6, 6.07) is 18.2. The Bertz CT molecular complexity index is 1220. The van der Waals surface area contributed by atoms with Crippen LogP contribution in [0.4, 0.5) is 5.69 Å². The maximum atomic E-state index is 13.4. The molecule has 0 saturated carbocycles. The number of anilines is 1. The number of nitrogens with zero attached hydrogens (tertiary/aromatic N) is 4. The number of benzene rings is 2.